The first-order valence-corrected chi connectivity index (χ1v) is 6.05. The molecule has 0 bridgehead atoms. The summed E-state index contributed by atoms with van der Waals surface area (Å²) in [5.74, 6) is -1.36. The SMILES string of the molecule is CCC(C(=O)O)N(CC(F)(F)F)c1ccc(C#N)c(N)c1. The largest absolute Gasteiger partial charge is 0.480 e. The van der Waals surface area contributed by atoms with Gasteiger partial charge in [0, 0.05) is 5.69 Å². The lowest BCUT2D eigenvalue weighted by atomic mass is 10.1. The van der Waals surface area contributed by atoms with Crippen molar-refractivity contribution in [3.05, 3.63) is 23.8 Å². The molecule has 1 rings (SSSR count). The van der Waals surface area contributed by atoms with Gasteiger partial charge in [0.25, 0.3) is 0 Å². The van der Waals surface area contributed by atoms with Gasteiger partial charge in [0.05, 0.1) is 11.3 Å². The minimum absolute atomic E-state index is 0.00224. The summed E-state index contributed by atoms with van der Waals surface area (Å²) in [6.07, 6.45) is -4.57. The van der Waals surface area contributed by atoms with E-state index in [1.807, 2.05) is 0 Å². The topological polar surface area (TPSA) is 90.3 Å². The van der Waals surface area contributed by atoms with E-state index in [0.29, 0.717) is 0 Å². The van der Waals surface area contributed by atoms with E-state index in [9.17, 15) is 18.0 Å². The molecule has 1 aromatic carbocycles. The zero-order valence-corrected chi connectivity index (χ0v) is 11.2. The van der Waals surface area contributed by atoms with Gasteiger partial charge in [-0.05, 0) is 24.6 Å². The minimum Gasteiger partial charge on any atom is -0.480 e. The van der Waals surface area contributed by atoms with Crippen LogP contribution in [0.25, 0.3) is 0 Å². The predicted octanol–water partition coefficient (Wildman–Crippen LogP) is 2.37. The van der Waals surface area contributed by atoms with Crippen molar-refractivity contribution in [1.29, 1.82) is 5.26 Å². The summed E-state index contributed by atoms with van der Waals surface area (Å²) in [5.41, 5.74) is 5.71. The summed E-state index contributed by atoms with van der Waals surface area (Å²) >= 11 is 0. The van der Waals surface area contributed by atoms with E-state index in [-0.39, 0.29) is 23.4 Å². The third-order valence-electron chi connectivity index (χ3n) is 2.88. The Bertz CT molecular complexity index is 567. The summed E-state index contributed by atoms with van der Waals surface area (Å²) in [5, 5.41) is 17.8. The quantitative estimate of drug-likeness (QED) is 0.815. The van der Waals surface area contributed by atoms with Crippen molar-refractivity contribution >= 4 is 17.3 Å². The molecule has 114 valence electrons. The number of alkyl halides is 3. The number of aliphatic carboxylic acids is 1. The lowest BCUT2D eigenvalue weighted by Crippen LogP contribution is -2.46. The Morgan fingerprint density at radius 1 is 1.52 bits per heavy atom. The Hall–Kier alpha value is -2.43. The summed E-state index contributed by atoms with van der Waals surface area (Å²) in [7, 11) is 0. The fraction of sp³-hybridized carbons (Fsp3) is 0.385. The molecule has 0 aliphatic heterocycles. The van der Waals surface area contributed by atoms with Crippen LogP contribution >= 0.6 is 0 Å². The standard InChI is InChI=1S/C13H14F3N3O2/c1-2-11(12(20)21)19(7-13(14,15)16)9-4-3-8(6-17)10(18)5-9/h3-5,11H,2,7,18H2,1H3,(H,20,21). The van der Waals surface area contributed by atoms with Gasteiger partial charge in [-0.15, -0.1) is 0 Å². The van der Waals surface area contributed by atoms with Crippen LogP contribution in [-0.2, 0) is 4.79 Å². The van der Waals surface area contributed by atoms with Gasteiger partial charge in [-0.25, -0.2) is 4.79 Å². The van der Waals surface area contributed by atoms with Crippen molar-refractivity contribution in [2.75, 3.05) is 17.2 Å². The third-order valence-corrected chi connectivity index (χ3v) is 2.88. The maximum atomic E-state index is 12.7. The number of halogens is 3. The first-order valence-electron chi connectivity index (χ1n) is 6.05. The molecule has 0 aromatic heterocycles. The Morgan fingerprint density at radius 3 is 2.52 bits per heavy atom. The first-order chi connectivity index (χ1) is 9.69. The second kappa shape index (κ2) is 6.35. The van der Waals surface area contributed by atoms with E-state index in [0.717, 1.165) is 4.90 Å². The second-order valence-electron chi connectivity index (χ2n) is 4.39. The smallest absolute Gasteiger partial charge is 0.405 e. The Morgan fingerprint density at radius 2 is 2.14 bits per heavy atom. The maximum Gasteiger partial charge on any atom is 0.405 e. The molecule has 0 fully saturated rings. The summed E-state index contributed by atoms with van der Waals surface area (Å²) in [6, 6.07) is 4.16. The molecule has 1 unspecified atom stereocenters. The van der Waals surface area contributed by atoms with E-state index in [4.69, 9.17) is 16.1 Å². The molecule has 3 N–H and O–H groups in total. The summed E-state index contributed by atoms with van der Waals surface area (Å²) < 4.78 is 38.0. The Balaban J connectivity index is 3.26. The van der Waals surface area contributed by atoms with Gasteiger partial charge in [0.1, 0.15) is 18.7 Å². The number of nitrogens with two attached hydrogens (primary N) is 1. The molecule has 0 amide bonds. The van der Waals surface area contributed by atoms with Crippen LogP contribution in [0.15, 0.2) is 18.2 Å². The maximum absolute atomic E-state index is 12.7. The van der Waals surface area contributed by atoms with Crippen LogP contribution in [0.5, 0.6) is 0 Å². The number of carbonyl (C=O) groups is 1. The molecule has 21 heavy (non-hydrogen) atoms. The Labute approximate surface area is 119 Å². The van der Waals surface area contributed by atoms with Gasteiger partial charge in [0.15, 0.2) is 0 Å². The molecular formula is C13H14F3N3O2. The Kier molecular flexibility index (Phi) is 5.02. The number of anilines is 2. The molecule has 0 aliphatic rings. The van der Waals surface area contributed by atoms with Gasteiger partial charge in [-0.1, -0.05) is 6.92 Å². The van der Waals surface area contributed by atoms with Crippen molar-refractivity contribution in [3.63, 3.8) is 0 Å². The molecule has 0 aliphatic carbocycles. The van der Waals surface area contributed by atoms with Gasteiger partial charge >= 0.3 is 12.1 Å². The van der Waals surface area contributed by atoms with Crippen LogP contribution in [0.3, 0.4) is 0 Å². The molecule has 0 spiro atoms. The minimum atomic E-state index is -4.56. The van der Waals surface area contributed by atoms with Crippen LogP contribution < -0.4 is 10.6 Å². The third kappa shape index (κ3) is 4.27. The van der Waals surface area contributed by atoms with Crippen LogP contribution in [-0.4, -0.2) is 29.8 Å². The number of carboxylic acids is 1. The molecule has 8 heteroatoms. The van der Waals surface area contributed by atoms with Gasteiger partial charge in [0.2, 0.25) is 0 Å². The average Bonchev–Trinajstić information content (AvgIpc) is 2.36. The second-order valence-corrected chi connectivity index (χ2v) is 4.39. The summed E-state index contributed by atoms with van der Waals surface area (Å²) in [4.78, 5) is 11.9. The normalized spacial score (nSPS) is 12.5. The van der Waals surface area contributed by atoms with Gasteiger partial charge < -0.3 is 15.7 Å². The van der Waals surface area contributed by atoms with E-state index >= 15 is 0 Å². The van der Waals surface area contributed by atoms with Gasteiger partial charge in [-0.3, -0.25) is 0 Å². The van der Waals surface area contributed by atoms with Crippen molar-refractivity contribution in [3.8, 4) is 6.07 Å². The molecule has 1 aromatic rings. The van der Waals surface area contributed by atoms with Crippen molar-refractivity contribution in [2.45, 2.75) is 25.6 Å². The molecule has 5 nitrogen and oxygen atoms in total. The average molecular weight is 301 g/mol. The molecule has 1 atom stereocenters. The number of nitrogen functional groups attached to an aromatic ring is 1. The number of hydrogen-bond donors (Lipinski definition) is 2. The van der Waals surface area contributed by atoms with Crippen LogP contribution in [0.2, 0.25) is 0 Å². The van der Waals surface area contributed by atoms with E-state index in [1.54, 1.807) is 6.07 Å². The number of nitriles is 1. The highest BCUT2D eigenvalue weighted by molar-refractivity contribution is 5.79. The number of hydrogen-bond acceptors (Lipinski definition) is 4. The van der Waals surface area contributed by atoms with Crippen LogP contribution in [0.1, 0.15) is 18.9 Å². The van der Waals surface area contributed by atoms with Gasteiger partial charge in [-0.2, -0.15) is 18.4 Å². The number of rotatable bonds is 5. The highest BCUT2D eigenvalue weighted by Gasteiger charge is 2.36. The molecule has 0 saturated heterocycles. The summed E-state index contributed by atoms with van der Waals surface area (Å²) in [6.45, 7) is 0.0678. The zero-order valence-electron chi connectivity index (χ0n) is 11.2. The highest BCUT2D eigenvalue weighted by Crippen LogP contribution is 2.28. The van der Waals surface area contributed by atoms with E-state index in [1.165, 1.54) is 25.1 Å². The number of carboxylic acid groups (broad SMARTS) is 1. The fourth-order valence-corrected chi connectivity index (χ4v) is 1.93. The lowest BCUT2D eigenvalue weighted by molar-refractivity contribution is -0.140. The molecule has 0 radical (unpaired) electrons. The van der Waals surface area contributed by atoms with Crippen molar-refractivity contribution in [2.24, 2.45) is 0 Å². The molecule has 0 heterocycles. The van der Waals surface area contributed by atoms with Crippen molar-refractivity contribution in [1.82, 2.24) is 0 Å². The zero-order chi connectivity index (χ0) is 16.2. The monoisotopic (exact) mass is 301 g/mol. The molecular weight excluding hydrogens is 287 g/mol. The highest BCUT2D eigenvalue weighted by atomic mass is 19.4. The predicted molar refractivity (Wildman–Crippen MR) is 70.7 cm³/mol. The number of nitrogens with zero attached hydrogens (tertiary/aromatic N) is 2. The van der Waals surface area contributed by atoms with Crippen molar-refractivity contribution < 1.29 is 23.1 Å². The molecule has 0 saturated carbocycles. The first kappa shape index (κ1) is 16.6. The van der Waals surface area contributed by atoms with E-state index in [2.05, 4.69) is 0 Å². The fourth-order valence-electron chi connectivity index (χ4n) is 1.93. The van der Waals surface area contributed by atoms with Crippen LogP contribution in [0, 0.1) is 11.3 Å². The van der Waals surface area contributed by atoms with Crippen LogP contribution in [0.4, 0.5) is 24.5 Å². The van der Waals surface area contributed by atoms with E-state index < -0.39 is 24.7 Å². The lowest BCUT2D eigenvalue weighted by Gasteiger charge is -2.31. The number of benzene rings is 1.